The van der Waals surface area contributed by atoms with E-state index in [1.165, 1.54) is 13.2 Å². The first-order valence-corrected chi connectivity index (χ1v) is 5.22. The Bertz CT molecular complexity index is 365. The first-order chi connectivity index (χ1) is 7.19. The van der Waals surface area contributed by atoms with Gasteiger partial charge in [0.25, 0.3) is 0 Å². The Labute approximate surface area is 88.8 Å². The van der Waals surface area contributed by atoms with Crippen molar-refractivity contribution in [3.63, 3.8) is 0 Å². The van der Waals surface area contributed by atoms with Crippen LogP contribution in [-0.4, -0.2) is 18.9 Å². The van der Waals surface area contributed by atoms with Crippen molar-refractivity contribution < 1.29 is 14.3 Å². The van der Waals surface area contributed by atoms with Crippen LogP contribution in [0.2, 0.25) is 0 Å². The minimum Gasteiger partial charge on any atom is -0.468 e. The second-order valence-electron chi connectivity index (χ2n) is 4.08. The largest absolute Gasteiger partial charge is 0.468 e. The van der Waals surface area contributed by atoms with Gasteiger partial charge in [-0.25, -0.2) is 0 Å². The molecule has 1 atom stereocenters. The summed E-state index contributed by atoms with van der Waals surface area (Å²) in [7, 11) is 1.40. The predicted molar refractivity (Wildman–Crippen MR) is 55.1 cm³/mol. The van der Waals surface area contributed by atoms with E-state index < -0.39 is 5.41 Å². The molecule has 3 heteroatoms. The maximum Gasteiger partial charge on any atom is 0.319 e. The number of esters is 1. The molecule has 1 fully saturated rings. The molecule has 15 heavy (non-hydrogen) atoms. The normalized spacial score (nSPS) is 29.4. The number of methoxy groups -OCH3 is 1. The molecule has 0 aromatic rings. The summed E-state index contributed by atoms with van der Waals surface area (Å²) >= 11 is 0. The Kier molecular flexibility index (Phi) is 2.47. The number of fused-ring (bicyclic) bond motifs is 1. The van der Waals surface area contributed by atoms with Crippen molar-refractivity contribution in [2.45, 2.75) is 25.7 Å². The third kappa shape index (κ3) is 1.52. The van der Waals surface area contributed by atoms with Crippen LogP contribution in [0.3, 0.4) is 0 Å². The zero-order valence-electron chi connectivity index (χ0n) is 8.79. The highest BCUT2D eigenvalue weighted by Gasteiger charge is 2.43. The van der Waals surface area contributed by atoms with Gasteiger partial charge in [0.2, 0.25) is 0 Å². The topological polar surface area (TPSA) is 43.4 Å². The molecule has 80 valence electrons. The van der Waals surface area contributed by atoms with E-state index in [0.29, 0.717) is 0 Å². The molecule has 0 N–H and O–H groups in total. The number of carbonyl (C=O) groups is 2. The van der Waals surface area contributed by atoms with E-state index in [-0.39, 0.29) is 11.8 Å². The lowest BCUT2D eigenvalue weighted by atomic mass is 9.68. The van der Waals surface area contributed by atoms with E-state index in [1.54, 1.807) is 12.2 Å². The van der Waals surface area contributed by atoms with Crippen LogP contribution in [0.5, 0.6) is 0 Å². The van der Waals surface area contributed by atoms with Gasteiger partial charge in [0.15, 0.2) is 5.78 Å². The second kappa shape index (κ2) is 3.65. The minimum absolute atomic E-state index is 0.0218. The maximum atomic E-state index is 11.8. The van der Waals surface area contributed by atoms with Crippen molar-refractivity contribution in [2.75, 3.05) is 7.11 Å². The molecule has 2 rings (SSSR count). The highest BCUT2D eigenvalue weighted by atomic mass is 16.5. The molecule has 0 aliphatic heterocycles. The Balaban J connectivity index is 2.41. The third-order valence-corrected chi connectivity index (χ3v) is 3.24. The van der Waals surface area contributed by atoms with Gasteiger partial charge in [-0.3, -0.25) is 9.59 Å². The summed E-state index contributed by atoms with van der Waals surface area (Å²) in [5.74, 6) is -0.261. The molecule has 1 saturated carbocycles. The molecule has 0 aromatic carbocycles. The lowest BCUT2D eigenvalue weighted by Gasteiger charge is -2.35. The number of rotatable bonds is 1. The van der Waals surface area contributed by atoms with Crippen LogP contribution in [0, 0.1) is 5.41 Å². The van der Waals surface area contributed by atoms with Crippen molar-refractivity contribution in [2.24, 2.45) is 5.41 Å². The molecule has 0 bridgehead atoms. The minimum atomic E-state index is -0.638. The molecular formula is C12H14O3. The molecule has 0 saturated heterocycles. The summed E-state index contributed by atoms with van der Waals surface area (Å²) in [4.78, 5) is 23.1. The quantitative estimate of drug-likeness (QED) is 0.614. The molecule has 0 spiro atoms. The van der Waals surface area contributed by atoms with Crippen molar-refractivity contribution >= 4 is 11.8 Å². The van der Waals surface area contributed by atoms with Gasteiger partial charge in [-0.1, -0.05) is 12.5 Å². The fraction of sp³-hybridized carbons (Fsp3) is 0.500. The highest BCUT2D eigenvalue weighted by Crippen LogP contribution is 2.44. The lowest BCUT2D eigenvalue weighted by molar-refractivity contribution is -0.148. The van der Waals surface area contributed by atoms with Crippen LogP contribution >= 0.6 is 0 Å². The second-order valence-corrected chi connectivity index (χ2v) is 4.08. The first kappa shape index (κ1) is 10.1. The van der Waals surface area contributed by atoms with Crippen LogP contribution in [0.1, 0.15) is 25.7 Å². The molecule has 2 aliphatic rings. The maximum absolute atomic E-state index is 11.8. The van der Waals surface area contributed by atoms with Gasteiger partial charge in [-0.15, -0.1) is 0 Å². The monoisotopic (exact) mass is 206 g/mol. The molecular weight excluding hydrogens is 192 g/mol. The molecule has 0 radical (unpaired) electrons. The number of ketones is 1. The van der Waals surface area contributed by atoms with Gasteiger partial charge in [-0.05, 0) is 37.0 Å². The van der Waals surface area contributed by atoms with E-state index in [1.807, 2.05) is 0 Å². The Morgan fingerprint density at radius 1 is 1.47 bits per heavy atom. The molecule has 0 unspecified atom stereocenters. The highest BCUT2D eigenvalue weighted by molar-refractivity contribution is 6.03. The van der Waals surface area contributed by atoms with E-state index in [2.05, 4.69) is 0 Å². The van der Waals surface area contributed by atoms with Crippen LogP contribution in [0.4, 0.5) is 0 Å². The molecule has 0 amide bonds. The van der Waals surface area contributed by atoms with E-state index in [4.69, 9.17) is 4.74 Å². The zero-order valence-corrected chi connectivity index (χ0v) is 8.79. The summed E-state index contributed by atoms with van der Waals surface area (Å²) in [5, 5.41) is 0. The zero-order chi connectivity index (χ0) is 10.9. The first-order valence-electron chi connectivity index (χ1n) is 5.22. The standard InChI is InChI=1S/C12H14O3/c1-15-11(14)12-6-3-2-4-9(12)8-10(13)5-7-12/h5,7-8H,2-4,6H2,1H3/t12-/m1/s1. The lowest BCUT2D eigenvalue weighted by Crippen LogP contribution is -2.36. The SMILES string of the molecule is COC(=O)[C@]12C=CC(=O)C=C1CCCC2. The van der Waals surface area contributed by atoms with Crippen LogP contribution < -0.4 is 0 Å². The van der Waals surface area contributed by atoms with Gasteiger partial charge >= 0.3 is 5.97 Å². The van der Waals surface area contributed by atoms with Gasteiger partial charge in [0.1, 0.15) is 5.41 Å². The average Bonchev–Trinajstić information content (AvgIpc) is 2.28. The molecule has 0 aromatic heterocycles. The van der Waals surface area contributed by atoms with Crippen molar-refractivity contribution in [3.05, 3.63) is 23.8 Å². The van der Waals surface area contributed by atoms with Gasteiger partial charge in [-0.2, -0.15) is 0 Å². The fourth-order valence-electron chi connectivity index (χ4n) is 2.42. The van der Waals surface area contributed by atoms with E-state index in [9.17, 15) is 9.59 Å². The Morgan fingerprint density at radius 2 is 2.27 bits per heavy atom. The summed E-state index contributed by atoms with van der Waals surface area (Å²) in [6.07, 6.45) is 8.43. The predicted octanol–water partition coefficient (Wildman–Crippen LogP) is 1.79. The molecule has 0 heterocycles. The average molecular weight is 206 g/mol. The number of allylic oxidation sites excluding steroid dienone is 2. The smallest absolute Gasteiger partial charge is 0.319 e. The van der Waals surface area contributed by atoms with E-state index >= 15 is 0 Å². The van der Waals surface area contributed by atoms with Gasteiger partial charge in [0, 0.05) is 0 Å². The summed E-state index contributed by atoms with van der Waals surface area (Å²) in [6.45, 7) is 0. The number of carbonyl (C=O) groups excluding carboxylic acids is 2. The molecule has 3 nitrogen and oxygen atoms in total. The number of hydrogen-bond acceptors (Lipinski definition) is 3. The fourth-order valence-corrected chi connectivity index (χ4v) is 2.42. The Morgan fingerprint density at radius 3 is 3.00 bits per heavy atom. The summed E-state index contributed by atoms with van der Waals surface area (Å²) in [6, 6.07) is 0. The summed E-state index contributed by atoms with van der Waals surface area (Å²) < 4.78 is 4.84. The van der Waals surface area contributed by atoms with Gasteiger partial charge < -0.3 is 4.74 Å². The van der Waals surface area contributed by atoms with Crippen molar-refractivity contribution in [1.29, 1.82) is 0 Å². The summed E-state index contributed by atoms with van der Waals surface area (Å²) in [5.41, 5.74) is 0.286. The van der Waals surface area contributed by atoms with Crippen LogP contribution in [0.25, 0.3) is 0 Å². The van der Waals surface area contributed by atoms with Crippen LogP contribution in [-0.2, 0) is 14.3 Å². The number of hydrogen-bond donors (Lipinski definition) is 0. The van der Waals surface area contributed by atoms with Crippen molar-refractivity contribution in [1.82, 2.24) is 0 Å². The molecule has 2 aliphatic carbocycles. The Hall–Kier alpha value is -1.38. The third-order valence-electron chi connectivity index (χ3n) is 3.24. The number of ether oxygens (including phenoxy) is 1. The van der Waals surface area contributed by atoms with Crippen LogP contribution in [0.15, 0.2) is 23.8 Å². The van der Waals surface area contributed by atoms with E-state index in [0.717, 1.165) is 31.3 Å². The van der Waals surface area contributed by atoms with Gasteiger partial charge in [0.05, 0.1) is 7.11 Å². The van der Waals surface area contributed by atoms with Crippen molar-refractivity contribution in [3.8, 4) is 0 Å².